The highest BCUT2D eigenvalue weighted by Gasteiger charge is 2.06. The van der Waals surface area contributed by atoms with E-state index in [1.165, 1.54) is 32.1 Å². The summed E-state index contributed by atoms with van der Waals surface area (Å²) >= 11 is 0. The molecule has 0 bridgehead atoms. The van der Waals surface area contributed by atoms with E-state index in [4.69, 9.17) is 5.11 Å². The molecule has 3 heteroatoms. The molecule has 17 heavy (non-hydrogen) atoms. The summed E-state index contributed by atoms with van der Waals surface area (Å²) in [4.78, 5) is 15.0. The second kappa shape index (κ2) is 10.3. The first-order valence-electron chi connectivity index (χ1n) is 6.85. The fourth-order valence-electron chi connectivity index (χ4n) is 1.92. The quantitative estimate of drug-likeness (QED) is 0.463. The average Bonchev–Trinajstić information content (AvgIpc) is 2.26. The number of hydrogen-bond acceptors (Lipinski definition) is 2. The third-order valence-electron chi connectivity index (χ3n) is 2.92. The predicted molar refractivity (Wildman–Crippen MR) is 72.8 cm³/mol. The summed E-state index contributed by atoms with van der Waals surface area (Å²) < 4.78 is 0. The topological polar surface area (TPSA) is 49.7 Å². The normalized spacial score (nSPS) is 13.7. The lowest BCUT2D eigenvalue weighted by Gasteiger charge is -2.11. The van der Waals surface area contributed by atoms with Crippen molar-refractivity contribution in [3.8, 4) is 0 Å². The Morgan fingerprint density at radius 3 is 2.35 bits per heavy atom. The van der Waals surface area contributed by atoms with Crippen LogP contribution in [-0.4, -0.2) is 22.8 Å². The number of carboxylic acids is 1. The summed E-state index contributed by atoms with van der Waals surface area (Å²) in [6.45, 7) is 6.15. The number of carbonyl (C=O) groups is 1. The van der Waals surface area contributed by atoms with Crippen molar-refractivity contribution in [2.24, 2.45) is 4.99 Å². The van der Waals surface area contributed by atoms with Crippen molar-refractivity contribution in [3.63, 3.8) is 0 Å². The van der Waals surface area contributed by atoms with Gasteiger partial charge in [0.1, 0.15) is 0 Å². The first kappa shape index (κ1) is 16.1. The highest BCUT2D eigenvalue weighted by Crippen LogP contribution is 2.12. The Bertz CT molecular complexity index is 236. The molecular formula is C14H27NO2. The molecule has 3 nitrogen and oxygen atoms in total. The van der Waals surface area contributed by atoms with E-state index in [0.29, 0.717) is 6.04 Å². The molecule has 1 unspecified atom stereocenters. The van der Waals surface area contributed by atoms with Gasteiger partial charge in [0.15, 0.2) is 0 Å². The molecular weight excluding hydrogens is 214 g/mol. The Morgan fingerprint density at radius 2 is 1.82 bits per heavy atom. The number of unbranched alkanes of at least 4 members (excludes halogenated alkanes) is 4. The largest absolute Gasteiger partial charge is 0.481 e. The lowest BCUT2D eigenvalue weighted by Crippen LogP contribution is -2.09. The second-order valence-corrected chi connectivity index (χ2v) is 4.70. The van der Waals surface area contributed by atoms with Crippen LogP contribution in [0.4, 0.5) is 0 Å². The Labute approximate surface area is 105 Å². The maximum Gasteiger partial charge on any atom is 0.309 e. The maximum absolute atomic E-state index is 10.5. The SMILES string of the molecule is CCCCCCCC(CC)N=C(C)CC(=O)O. The molecule has 0 spiro atoms. The van der Waals surface area contributed by atoms with Crippen LogP contribution in [0.5, 0.6) is 0 Å². The monoisotopic (exact) mass is 241 g/mol. The fourth-order valence-corrected chi connectivity index (χ4v) is 1.92. The highest BCUT2D eigenvalue weighted by atomic mass is 16.4. The van der Waals surface area contributed by atoms with Gasteiger partial charge in [-0.3, -0.25) is 9.79 Å². The van der Waals surface area contributed by atoms with Gasteiger partial charge < -0.3 is 5.11 Å². The predicted octanol–water partition coefficient (Wildman–Crippen LogP) is 4.06. The van der Waals surface area contributed by atoms with Gasteiger partial charge in [0.2, 0.25) is 0 Å². The number of nitrogens with zero attached hydrogens (tertiary/aromatic N) is 1. The van der Waals surface area contributed by atoms with Crippen LogP contribution in [0, 0.1) is 0 Å². The maximum atomic E-state index is 10.5. The van der Waals surface area contributed by atoms with E-state index in [9.17, 15) is 4.79 Å². The van der Waals surface area contributed by atoms with Gasteiger partial charge in [0.25, 0.3) is 0 Å². The first-order chi connectivity index (χ1) is 8.10. The zero-order chi connectivity index (χ0) is 13.1. The molecule has 0 amide bonds. The molecule has 100 valence electrons. The first-order valence-corrected chi connectivity index (χ1v) is 6.85. The van der Waals surface area contributed by atoms with Gasteiger partial charge in [-0.05, 0) is 19.8 Å². The third kappa shape index (κ3) is 10.0. The van der Waals surface area contributed by atoms with Gasteiger partial charge in [-0.25, -0.2) is 0 Å². The molecule has 0 saturated carbocycles. The summed E-state index contributed by atoms with van der Waals surface area (Å²) in [6, 6.07) is 0.316. The van der Waals surface area contributed by atoms with Crippen LogP contribution in [-0.2, 0) is 4.79 Å². The molecule has 0 rings (SSSR count). The Kier molecular flexibility index (Phi) is 9.78. The lowest BCUT2D eigenvalue weighted by atomic mass is 10.0. The van der Waals surface area contributed by atoms with Gasteiger partial charge in [-0.15, -0.1) is 0 Å². The van der Waals surface area contributed by atoms with Crippen LogP contribution in [0.3, 0.4) is 0 Å². The Morgan fingerprint density at radius 1 is 1.18 bits per heavy atom. The summed E-state index contributed by atoms with van der Waals surface area (Å²) in [5, 5.41) is 8.66. The van der Waals surface area contributed by atoms with Crippen LogP contribution >= 0.6 is 0 Å². The molecule has 1 atom stereocenters. The summed E-state index contributed by atoms with van der Waals surface area (Å²) in [5.41, 5.74) is 0.748. The van der Waals surface area contributed by atoms with Gasteiger partial charge >= 0.3 is 5.97 Å². The van der Waals surface area contributed by atoms with E-state index >= 15 is 0 Å². The summed E-state index contributed by atoms with van der Waals surface area (Å²) in [6.07, 6.45) is 8.56. The van der Waals surface area contributed by atoms with Crippen molar-refractivity contribution >= 4 is 11.7 Å². The minimum absolute atomic E-state index is 0.0757. The number of carboxylic acid groups (broad SMARTS) is 1. The molecule has 0 aromatic carbocycles. The van der Waals surface area contributed by atoms with Crippen LogP contribution in [0.15, 0.2) is 4.99 Å². The molecule has 0 aliphatic heterocycles. The zero-order valence-electron chi connectivity index (χ0n) is 11.5. The second-order valence-electron chi connectivity index (χ2n) is 4.70. The Hall–Kier alpha value is -0.860. The molecule has 0 aliphatic rings. The van der Waals surface area contributed by atoms with Crippen molar-refractivity contribution in [1.29, 1.82) is 0 Å². The van der Waals surface area contributed by atoms with E-state index in [1.807, 2.05) is 6.92 Å². The fraction of sp³-hybridized carbons (Fsp3) is 0.857. The van der Waals surface area contributed by atoms with E-state index in [1.54, 1.807) is 0 Å². The molecule has 0 fully saturated rings. The van der Waals surface area contributed by atoms with Crippen LogP contribution in [0.25, 0.3) is 0 Å². The lowest BCUT2D eigenvalue weighted by molar-refractivity contribution is -0.135. The number of aliphatic imine (C=N–C) groups is 1. The van der Waals surface area contributed by atoms with E-state index in [0.717, 1.165) is 18.6 Å². The van der Waals surface area contributed by atoms with Crippen LogP contribution in [0.1, 0.15) is 72.1 Å². The van der Waals surface area contributed by atoms with Gasteiger partial charge in [0, 0.05) is 11.8 Å². The number of hydrogen-bond donors (Lipinski definition) is 1. The van der Waals surface area contributed by atoms with Gasteiger partial charge in [-0.1, -0.05) is 46.0 Å². The Balaban J connectivity index is 3.86. The van der Waals surface area contributed by atoms with Crippen molar-refractivity contribution in [2.45, 2.75) is 78.2 Å². The molecule has 0 aliphatic carbocycles. The molecule has 0 saturated heterocycles. The highest BCUT2D eigenvalue weighted by molar-refractivity contribution is 5.96. The van der Waals surface area contributed by atoms with Crippen LogP contribution in [0.2, 0.25) is 0 Å². The van der Waals surface area contributed by atoms with Gasteiger partial charge in [0.05, 0.1) is 6.42 Å². The molecule has 0 radical (unpaired) electrons. The van der Waals surface area contributed by atoms with Crippen LogP contribution < -0.4 is 0 Å². The zero-order valence-corrected chi connectivity index (χ0v) is 11.5. The number of aliphatic carboxylic acids is 1. The van der Waals surface area contributed by atoms with Crippen molar-refractivity contribution < 1.29 is 9.90 Å². The number of rotatable bonds is 10. The molecule has 0 aromatic rings. The van der Waals surface area contributed by atoms with Crippen molar-refractivity contribution in [2.75, 3.05) is 0 Å². The van der Waals surface area contributed by atoms with Crippen molar-refractivity contribution in [1.82, 2.24) is 0 Å². The van der Waals surface area contributed by atoms with Crippen molar-refractivity contribution in [3.05, 3.63) is 0 Å². The summed E-state index contributed by atoms with van der Waals surface area (Å²) in [7, 11) is 0. The molecule has 0 aromatic heterocycles. The third-order valence-corrected chi connectivity index (χ3v) is 2.92. The molecule has 1 N–H and O–H groups in total. The summed E-state index contributed by atoms with van der Waals surface area (Å²) in [5.74, 6) is -0.788. The minimum atomic E-state index is -0.788. The standard InChI is InChI=1S/C14H27NO2/c1-4-6-7-8-9-10-13(5-2)15-12(3)11-14(16)17/h13H,4-11H2,1-3H3,(H,16,17). The average molecular weight is 241 g/mol. The van der Waals surface area contributed by atoms with E-state index in [-0.39, 0.29) is 6.42 Å². The minimum Gasteiger partial charge on any atom is -0.481 e. The van der Waals surface area contributed by atoms with E-state index in [2.05, 4.69) is 18.8 Å². The molecule has 0 heterocycles. The van der Waals surface area contributed by atoms with E-state index < -0.39 is 5.97 Å². The smallest absolute Gasteiger partial charge is 0.309 e. The van der Waals surface area contributed by atoms with Gasteiger partial charge in [-0.2, -0.15) is 0 Å².